The number of halogens is 2. The van der Waals surface area contributed by atoms with Gasteiger partial charge >= 0.3 is 0 Å². The zero-order valence-corrected chi connectivity index (χ0v) is 12.5. The Kier molecular flexibility index (Phi) is 4.10. The molecule has 0 atom stereocenters. The predicted molar refractivity (Wildman–Crippen MR) is 82.4 cm³/mol. The number of aryl methyl sites for hydroxylation is 1. The van der Waals surface area contributed by atoms with Crippen LogP contribution in [0.25, 0.3) is 0 Å². The van der Waals surface area contributed by atoms with Crippen molar-refractivity contribution < 1.29 is 4.39 Å². The first-order valence-corrected chi connectivity index (χ1v) is 6.89. The number of nitrogens with zero attached hydrogens (tertiary/aromatic N) is 1. The highest BCUT2D eigenvalue weighted by atomic mass is 79.9. The van der Waals surface area contributed by atoms with Crippen LogP contribution in [0.1, 0.15) is 12.5 Å². The zero-order chi connectivity index (χ0) is 14.0. The van der Waals surface area contributed by atoms with E-state index >= 15 is 0 Å². The van der Waals surface area contributed by atoms with Crippen LogP contribution in [0, 0.1) is 5.82 Å². The summed E-state index contributed by atoms with van der Waals surface area (Å²) in [5.74, 6) is -0.351. The summed E-state index contributed by atoms with van der Waals surface area (Å²) < 4.78 is 13.8. The lowest BCUT2D eigenvalue weighted by atomic mass is 10.1. The minimum Gasteiger partial charge on any atom is -0.397 e. The number of nitrogens with two attached hydrogens (primary N) is 1. The van der Waals surface area contributed by atoms with Gasteiger partial charge in [0.1, 0.15) is 5.82 Å². The van der Waals surface area contributed by atoms with Gasteiger partial charge in [-0.05, 0) is 46.1 Å². The SMILES string of the molecule is CCc1ccc(N(C)c2cc(Br)c(F)cc2N)cc1. The molecule has 2 N–H and O–H groups in total. The molecule has 0 heterocycles. The van der Waals surface area contributed by atoms with E-state index in [-0.39, 0.29) is 5.82 Å². The van der Waals surface area contributed by atoms with E-state index in [9.17, 15) is 4.39 Å². The first kappa shape index (κ1) is 13.9. The van der Waals surface area contributed by atoms with Crippen LogP contribution in [-0.4, -0.2) is 7.05 Å². The van der Waals surface area contributed by atoms with Gasteiger partial charge in [0.25, 0.3) is 0 Å². The molecule has 2 aromatic rings. The highest BCUT2D eigenvalue weighted by molar-refractivity contribution is 9.10. The maximum Gasteiger partial charge on any atom is 0.139 e. The lowest BCUT2D eigenvalue weighted by molar-refractivity contribution is 0.622. The van der Waals surface area contributed by atoms with Crippen molar-refractivity contribution in [3.05, 3.63) is 52.3 Å². The standard InChI is InChI=1S/C15H16BrFN2/c1-3-10-4-6-11(7-5-10)19(2)15-8-12(16)13(17)9-14(15)18/h4-9H,3,18H2,1-2H3. The fraction of sp³-hybridized carbons (Fsp3) is 0.200. The Hall–Kier alpha value is -1.55. The van der Waals surface area contributed by atoms with Crippen molar-refractivity contribution >= 4 is 33.0 Å². The van der Waals surface area contributed by atoms with Crippen LogP contribution in [-0.2, 0) is 6.42 Å². The van der Waals surface area contributed by atoms with Crippen LogP contribution in [0.3, 0.4) is 0 Å². The number of rotatable bonds is 3. The molecule has 2 rings (SSSR count). The van der Waals surface area contributed by atoms with E-state index in [0.717, 1.165) is 17.8 Å². The molecule has 0 fully saturated rings. The summed E-state index contributed by atoms with van der Waals surface area (Å²) in [5.41, 5.74) is 9.38. The molecule has 0 radical (unpaired) electrons. The largest absolute Gasteiger partial charge is 0.397 e. The minimum atomic E-state index is -0.351. The first-order chi connectivity index (χ1) is 9.02. The van der Waals surface area contributed by atoms with Gasteiger partial charge in [-0.2, -0.15) is 0 Å². The van der Waals surface area contributed by atoms with Crippen LogP contribution in [0.2, 0.25) is 0 Å². The highest BCUT2D eigenvalue weighted by Crippen LogP contribution is 2.33. The average molecular weight is 323 g/mol. The third kappa shape index (κ3) is 2.89. The molecule has 0 aliphatic carbocycles. The first-order valence-electron chi connectivity index (χ1n) is 6.10. The summed E-state index contributed by atoms with van der Waals surface area (Å²) in [7, 11) is 1.91. The second kappa shape index (κ2) is 5.61. The van der Waals surface area contributed by atoms with Crippen molar-refractivity contribution in [1.82, 2.24) is 0 Å². The van der Waals surface area contributed by atoms with Crippen molar-refractivity contribution in [3.8, 4) is 0 Å². The highest BCUT2D eigenvalue weighted by Gasteiger charge is 2.11. The molecule has 19 heavy (non-hydrogen) atoms. The molecule has 0 bridgehead atoms. The van der Waals surface area contributed by atoms with E-state index in [1.54, 1.807) is 6.07 Å². The lowest BCUT2D eigenvalue weighted by Crippen LogP contribution is -2.12. The summed E-state index contributed by atoms with van der Waals surface area (Å²) in [6.45, 7) is 2.12. The van der Waals surface area contributed by atoms with E-state index in [4.69, 9.17) is 5.73 Å². The summed E-state index contributed by atoms with van der Waals surface area (Å²) in [5, 5.41) is 0. The van der Waals surface area contributed by atoms with E-state index < -0.39 is 0 Å². The van der Waals surface area contributed by atoms with E-state index in [1.165, 1.54) is 11.6 Å². The third-order valence-corrected chi connectivity index (χ3v) is 3.77. The van der Waals surface area contributed by atoms with Gasteiger partial charge in [0, 0.05) is 18.8 Å². The Balaban J connectivity index is 2.37. The molecule has 0 spiro atoms. The number of benzene rings is 2. The molecule has 4 heteroatoms. The van der Waals surface area contributed by atoms with Gasteiger partial charge in [0.15, 0.2) is 0 Å². The minimum absolute atomic E-state index is 0.351. The monoisotopic (exact) mass is 322 g/mol. The van der Waals surface area contributed by atoms with Gasteiger partial charge in [-0.1, -0.05) is 19.1 Å². The molecule has 0 aliphatic rings. The number of anilines is 3. The molecule has 0 unspecified atom stereocenters. The fourth-order valence-corrected chi connectivity index (χ4v) is 2.27. The Morgan fingerprint density at radius 3 is 2.42 bits per heavy atom. The molecule has 100 valence electrons. The van der Waals surface area contributed by atoms with Crippen molar-refractivity contribution in [3.63, 3.8) is 0 Å². The van der Waals surface area contributed by atoms with Gasteiger partial charge in [0.2, 0.25) is 0 Å². The Labute approximate surface area is 121 Å². The number of hydrogen-bond donors (Lipinski definition) is 1. The van der Waals surface area contributed by atoms with E-state index in [2.05, 4.69) is 35.0 Å². The zero-order valence-electron chi connectivity index (χ0n) is 11.0. The van der Waals surface area contributed by atoms with Crippen LogP contribution in [0.15, 0.2) is 40.9 Å². The van der Waals surface area contributed by atoms with Crippen molar-refractivity contribution in [2.45, 2.75) is 13.3 Å². The molecular weight excluding hydrogens is 307 g/mol. The topological polar surface area (TPSA) is 29.3 Å². The molecule has 0 aromatic heterocycles. The molecular formula is C15H16BrFN2. The third-order valence-electron chi connectivity index (χ3n) is 3.16. The van der Waals surface area contributed by atoms with Crippen LogP contribution in [0.5, 0.6) is 0 Å². The van der Waals surface area contributed by atoms with Crippen LogP contribution >= 0.6 is 15.9 Å². The summed E-state index contributed by atoms with van der Waals surface area (Å²) in [6, 6.07) is 11.3. The van der Waals surface area contributed by atoms with E-state index in [0.29, 0.717) is 10.2 Å². The normalized spacial score (nSPS) is 10.5. The lowest BCUT2D eigenvalue weighted by Gasteiger charge is -2.22. The summed E-state index contributed by atoms with van der Waals surface area (Å²) >= 11 is 3.19. The number of nitrogen functional groups attached to an aromatic ring is 1. The molecule has 0 aliphatic heterocycles. The van der Waals surface area contributed by atoms with Crippen LogP contribution < -0.4 is 10.6 Å². The smallest absolute Gasteiger partial charge is 0.139 e. The van der Waals surface area contributed by atoms with Crippen molar-refractivity contribution in [2.75, 3.05) is 17.7 Å². The number of hydrogen-bond acceptors (Lipinski definition) is 2. The quantitative estimate of drug-likeness (QED) is 0.843. The summed E-state index contributed by atoms with van der Waals surface area (Å²) in [4.78, 5) is 1.94. The van der Waals surface area contributed by atoms with Crippen molar-refractivity contribution in [1.29, 1.82) is 0 Å². The maximum atomic E-state index is 13.4. The van der Waals surface area contributed by atoms with Gasteiger partial charge in [-0.15, -0.1) is 0 Å². The Morgan fingerprint density at radius 2 is 1.84 bits per heavy atom. The van der Waals surface area contributed by atoms with Gasteiger partial charge in [-0.25, -0.2) is 4.39 Å². The molecule has 2 nitrogen and oxygen atoms in total. The maximum absolute atomic E-state index is 13.4. The Bertz CT molecular complexity index is 581. The van der Waals surface area contributed by atoms with Gasteiger partial charge in [0.05, 0.1) is 15.8 Å². The second-order valence-corrected chi connectivity index (χ2v) is 5.26. The summed E-state index contributed by atoms with van der Waals surface area (Å²) in [6.07, 6.45) is 1.01. The average Bonchev–Trinajstić information content (AvgIpc) is 2.42. The van der Waals surface area contributed by atoms with Crippen molar-refractivity contribution in [2.24, 2.45) is 0 Å². The molecule has 2 aromatic carbocycles. The molecule has 0 saturated carbocycles. The fourth-order valence-electron chi connectivity index (χ4n) is 1.94. The molecule has 0 amide bonds. The predicted octanol–water partition coefficient (Wildman–Crippen LogP) is 4.50. The second-order valence-electron chi connectivity index (χ2n) is 4.40. The van der Waals surface area contributed by atoms with Gasteiger partial charge in [-0.3, -0.25) is 0 Å². The van der Waals surface area contributed by atoms with E-state index in [1.807, 2.05) is 24.1 Å². The van der Waals surface area contributed by atoms with Crippen LogP contribution in [0.4, 0.5) is 21.5 Å². The Morgan fingerprint density at radius 1 is 1.21 bits per heavy atom. The molecule has 0 saturated heterocycles. The van der Waals surface area contributed by atoms with Gasteiger partial charge < -0.3 is 10.6 Å².